The van der Waals surface area contributed by atoms with Gasteiger partial charge in [-0.05, 0) is 0 Å². The molecule has 0 amide bonds. The molecule has 0 aliphatic rings. The van der Waals surface area contributed by atoms with Crippen LogP contribution < -0.4 is 5.30 Å². The summed E-state index contributed by atoms with van der Waals surface area (Å²) in [7, 11) is 1.82. The van der Waals surface area contributed by atoms with Crippen molar-refractivity contribution in [2.24, 2.45) is 0 Å². The van der Waals surface area contributed by atoms with Crippen LogP contribution in [0.5, 0.6) is 0 Å². The maximum atomic E-state index is 5.83. The van der Waals surface area contributed by atoms with E-state index >= 15 is 0 Å². The maximum absolute atomic E-state index is 5.83. The van der Waals surface area contributed by atoms with Crippen LogP contribution in [-0.4, -0.2) is 36.7 Å². The number of hydrogen-bond acceptors (Lipinski definition) is 1. The molecule has 4 heteroatoms. The fourth-order valence-electron chi connectivity index (χ4n) is 1.58. The third-order valence-corrected chi connectivity index (χ3v) is 16.1. The zero-order valence-corrected chi connectivity index (χ0v) is 14.5. The first-order chi connectivity index (χ1) is 8.74. The summed E-state index contributed by atoms with van der Waals surface area (Å²) in [6.07, 6.45) is 0. The standard InChI is InChI=1S/C14H15OPSe2/c1-15-16(17,14-10-6-3-7-11-14)18-12-13-8-4-2-5-9-13/h2-11H,12H2,1H3. The van der Waals surface area contributed by atoms with Crippen LogP contribution >= 0.6 is 4.43 Å². The van der Waals surface area contributed by atoms with Gasteiger partial charge in [-0.25, -0.2) is 0 Å². The molecule has 0 saturated carbocycles. The Labute approximate surface area is 122 Å². The summed E-state index contributed by atoms with van der Waals surface area (Å²) >= 11 is 3.76. The van der Waals surface area contributed by atoms with Gasteiger partial charge in [-0.15, -0.1) is 0 Å². The van der Waals surface area contributed by atoms with Crippen molar-refractivity contribution in [2.45, 2.75) is 5.32 Å². The SMILES string of the molecule is COP(=[Se])([Se]Cc1ccccc1)c1ccccc1. The third kappa shape index (κ3) is 3.68. The minimum absolute atomic E-state index is 0.421. The normalized spacial score (nSPS) is 14.1. The summed E-state index contributed by atoms with van der Waals surface area (Å²) in [6.45, 7) is 0. The van der Waals surface area contributed by atoms with E-state index in [0.29, 0.717) is 14.5 Å². The molecule has 0 bridgehead atoms. The Hall–Kier alpha value is -0.131. The van der Waals surface area contributed by atoms with E-state index in [9.17, 15) is 0 Å². The average Bonchev–Trinajstić information content (AvgIpc) is 2.47. The van der Waals surface area contributed by atoms with Crippen molar-refractivity contribution in [2.75, 3.05) is 7.11 Å². The Balaban J connectivity index is 2.12. The number of benzene rings is 2. The van der Waals surface area contributed by atoms with Gasteiger partial charge in [0.25, 0.3) is 0 Å². The van der Waals surface area contributed by atoms with Crippen molar-refractivity contribution in [3.05, 3.63) is 66.2 Å². The Kier molecular flexibility index (Phi) is 5.45. The summed E-state index contributed by atoms with van der Waals surface area (Å²) in [5, 5.41) is 2.43. The molecular formula is C14H15OPSe2. The minimum atomic E-state index is -1.53. The van der Waals surface area contributed by atoms with Crippen molar-refractivity contribution in [3.63, 3.8) is 0 Å². The molecule has 1 atom stereocenters. The van der Waals surface area contributed by atoms with Crippen molar-refractivity contribution in [1.82, 2.24) is 0 Å². The second-order valence-electron chi connectivity index (χ2n) is 3.77. The second kappa shape index (κ2) is 6.87. The second-order valence-corrected chi connectivity index (χ2v) is 18.1. The van der Waals surface area contributed by atoms with Gasteiger partial charge in [-0.1, -0.05) is 0 Å². The van der Waals surface area contributed by atoms with Crippen LogP contribution in [0, 0.1) is 0 Å². The molecule has 0 spiro atoms. The fourth-order valence-corrected chi connectivity index (χ4v) is 10.2. The van der Waals surface area contributed by atoms with Gasteiger partial charge in [0.2, 0.25) is 0 Å². The monoisotopic (exact) mass is 390 g/mol. The first kappa shape index (κ1) is 14.3. The molecule has 2 rings (SSSR count). The molecule has 0 aliphatic carbocycles. The Morgan fingerprint density at radius 2 is 1.56 bits per heavy atom. The van der Waals surface area contributed by atoms with Gasteiger partial charge in [-0.2, -0.15) is 0 Å². The Morgan fingerprint density at radius 1 is 1.00 bits per heavy atom. The van der Waals surface area contributed by atoms with Crippen LogP contribution in [-0.2, 0) is 9.84 Å². The molecule has 0 radical (unpaired) electrons. The summed E-state index contributed by atoms with van der Waals surface area (Å²) in [6, 6.07) is 21.2. The van der Waals surface area contributed by atoms with Crippen LogP contribution in [0.3, 0.4) is 0 Å². The van der Waals surface area contributed by atoms with E-state index < -0.39 is 4.43 Å². The van der Waals surface area contributed by atoms with Crippen LogP contribution in [0.15, 0.2) is 60.7 Å². The average molecular weight is 388 g/mol. The molecule has 0 heterocycles. The van der Waals surface area contributed by atoms with Gasteiger partial charge in [0.15, 0.2) is 0 Å². The van der Waals surface area contributed by atoms with Crippen molar-refractivity contribution < 1.29 is 4.52 Å². The van der Waals surface area contributed by atoms with E-state index in [1.807, 2.05) is 13.2 Å². The summed E-state index contributed by atoms with van der Waals surface area (Å²) in [4.78, 5) is 0. The Morgan fingerprint density at radius 3 is 2.11 bits per heavy atom. The van der Waals surface area contributed by atoms with Crippen molar-refractivity contribution in [1.29, 1.82) is 0 Å². The van der Waals surface area contributed by atoms with Crippen molar-refractivity contribution >= 4 is 39.3 Å². The predicted molar refractivity (Wildman–Crippen MR) is 81.7 cm³/mol. The quantitative estimate of drug-likeness (QED) is 0.566. The van der Waals surface area contributed by atoms with Gasteiger partial charge in [0.1, 0.15) is 0 Å². The summed E-state index contributed by atoms with van der Waals surface area (Å²) in [5.41, 5.74) is 1.39. The van der Waals surface area contributed by atoms with E-state index in [1.54, 1.807) is 0 Å². The van der Waals surface area contributed by atoms with Crippen LogP contribution in [0.25, 0.3) is 0 Å². The molecule has 0 aromatic heterocycles. The molecule has 1 unspecified atom stereocenters. The van der Waals surface area contributed by atoms with E-state index in [4.69, 9.17) is 4.52 Å². The zero-order chi connectivity index (χ0) is 12.8. The molecule has 94 valence electrons. The third-order valence-electron chi connectivity index (χ3n) is 2.56. The molecule has 0 aliphatic heterocycles. The van der Waals surface area contributed by atoms with Crippen LogP contribution in [0.1, 0.15) is 5.56 Å². The number of rotatable bonds is 5. The first-order valence-corrected chi connectivity index (χ1v) is 13.0. The molecular weight excluding hydrogens is 373 g/mol. The molecule has 1 nitrogen and oxygen atoms in total. The molecule has 0 N–H and O–H groups in total. The van der Waals surface area contributed by atoms with Gasteiger partial charge >= 0.3 is 123 Å². The van der Waals surface area contributed by atoms with E-state index in [-0.39, 0.29) is 0 Å². The molecule has 2 aromatic carbocycles. The van der Waals surface area contributed by atoms with E-state index in [1.165, 1.54) is 10.9 Å². The fraction of sp³-hybridized carbons (Fsp3) is 0.143. The van der Waals surface area contributed by atoms with E-state index in [2.05, 4.69) is 69.7 Å². The topological polar surface area (TPSA) is 9.23 Å². The van der Waals surface area contributed by atoms with Gasteiger partial charge in [0.05, 0.1) is 0 Å². The van der Waals surface area contributed by atoms with E-state index in [0.717, 1.165) is 5.32 Å². The van der Waals surface area contributed by atoms with Gasteiger partial charge in [-0.3, -0.25) is 0 Å². The van der Waals surface area contributed by atoms with Crippen LogP contribution in [0.2, 0.25) is 0 Å². The molecule has 2 aromatic rings. The predicted octanol–water partition coefficient (Wildman–Crippen LogP) is 2.79. The summed E-state index contributed by atoms with van der Waals surface area (Å²) < 4.78 is 4.30. The molecule has 18 heavy (non-hydrogen) atoms. The van der Waals surface area contributed by atoms with Crippen LogP contribution in [0.4, 0.5) is 0 Å². The Bertz CT molecular complexity index is 528. The number of hydrogen-bond donors (Lipinski definition) is 0. The van der Waals surface area contributed by atoms with Crippen molar-refractivity contribution in [3.8, 4) is 0 Å². The summed E-state index contributed by atoms with van der Waals surface area (Å²) in [5.74, 6) is 0. The van der Waals surface area contributed by atoms with Gasteiger partial charge < -0.3 is 0 Å². The molecule has 0 fully saturated rings. The first-order valence-electron chi connectivity index (χ1n) is 5.64. The van der Waals surface area contributed by atoms with Gasteiger partial charge in [0, 0.05) is 0 Å². The zero-order valence-electron chi connectivity index (χ0n) is 10.2. The molecule has 0 saturated heterocycles.